The molecule has 0 radical (unpaired) electrons. The number of rotatable bonds is 11. The van der Waals surface area contributed by atoms with E-state index in [1.165, 1.54) is 11.8 Å². The van der Waals surface area contributed by atoms with E-state index in [0.29, 0.717) is 11.1 Å². The topological polar surface area (TPSA) is 97.4 Å². The molecule has 50 heavy (non-hydrogen) atoms. The van der Waals surface area contributed by atoms with Crippen molar-refractivity contribution in [1.29, 1.82) is 0 Å². The van der Waals surface area contributed by atoms with E-state index in [0.717, 1.165) is 10.5 Å². The second-order valence-corrected chi connectivity index (χ2v) is 19.7. The van der Waals surface area contributed by atoms with Crippen LogP contribution in [0, 0.1) is 6.92 Å². The molecule has 1 saturated heterocycles. The van der Waals surface area contributed by atoms with Crippen LogP contribution in [0.3, 0.4) is 0 Å². The Bertz CT molecular complexity index is 1730. The Morgan fingerprint density at radius 3 is 1.50 bits per heavy atom. The van der Waals surface area contributed by atoms with Crippen molar-refractivity contribution in [3.63, 3.8) is 0 Å². The van der Waals surface area contributed by atoms with E-state index in [-0.39, 0.29) is 17.2 Å². The second kappa shape index (κ2) is 16.2. The molecule has 0 N–H and O–H groups in total. The fourth-order valence-corrected chi connectivity index (χ4v) is 7.18. The standard InChI is InChI=1S/C40H44O8SSi/c1-27-22-24-31(25-23-27)49-39-35(48-38(43)30-20-14-9-15-21-30)34(47-37(42)29-18-12-8-13-19-29)33(46-36(41)28-16-10-7-11-17-28)32(45-39)26-44-50(5,6)40(2,3)4/h7-25,32-35,39H,26H2,1-6H3/t32-,33+,34+,35-,39+/m1/s1. The summed E-state index contributed by atoms with van der Waals surface area (Å²) >= 11 is 1.33. The lowest BCUT2D eigenvalue weighted by molar-refractivity contribution is -0.206. The van der Waals surface area contributed by atoms with Crippen LogP contribution in [-0.4, -0.2) is 62.7 Å². The highest BCUT2D eigenvalue weighted by Crippen LogP contribution is 2.41. The van der Waals surface area contributed by atoms with E-state index < -0.39 is 56.1 Å². The van der Waals surface area contributed by atoms with Gasteiger partial charge in [0.15, 0.2) is 26.6 Å². The zero-order valence-corrected chi connectivity index (χ0v) is 31.1. The van der Waals surface area contributed by atoms with Gasteiger partial charge in [-0.2, -0.15) is 0 Å². The van der Waals surface area contributed by atoms with Gasteiger partial charge >= 0.3 is 17.9 Å². The van der Waals surface area contributed by atoms with Gasteiger partial charge < -0.3 is 23.4 Å². The molecule has 1 fully saturated rings. The lowest BCUT2D eigenvalue weighted by Gasteiger charge is -2.46. The predicted molar refractivity (Wildman–Crippen MR) is 196 cm³/mol. The van der Waals surface area contributed by atoms with Crippen molar-refractivity contribution in [2.75, 3.05) is 6.61 Å². The molecule has 262 valence electrons. The number of ether oxygens (including phenoxy) is 4. The van der Waals surface area contributed by atoms with Crippen LogP contribution >= 0.6 is 11.8 Å². The third kappa shape index (κ3) is 9.31. The van der Waals surface area contributed by atoms with Gasteiger partial charge in [-0.15, -0.1) is 0 Å². The van der Waals surface area contributed by atoms with Crippen LogP contribution < -0.4 is 0 Å². The smallest absolute Gasteiger partial charge is 0.338 e. The van der Waals surface area contributed by atoms with Crippen LogP contribution in [0.5, 0.6) is 0 Å². The van der Waals surface area contributed by atoms with Crippen LogP contribution in [0.15, 0.2) is 120 Å². The minimum absolute atomic E-state index is 0.0485. The molecule has 8 nitrogen and oxygen atoms in total. The first-order chi connectivity index (χ1) is 23.8. The summed E-state index contributed by atoms with van der Waals surface area (Å²) in [6.07, 6.45) is -4.56. The van der Waals surface area contributed by atoms with Gasteiger partial charge in [-0.05, 0) is 73.6 Å². The molecule has 0 spiro atoms. The SMILES string of the molecule is Cc1ccc(S[C@@H]2O[C@H](CO[Si](C)(C)C(C)(C)C)[C@H](OC(=O)c3ccccc3)[C@H](OC(=O)c3ccccc3)[C@H]2OC(=O)c2ccccc2)cc1. The number of carbonyl (C=O) groups is 3. The van der Waals surface area contributed by atoms with Crippen molar-refractivity contribution in [3.05, 3.63) is 138 Å². The number of carbonyl (C=O) groups excluding carboxylic acids is 3. The zero-order valence-electron chi connectivity index (χ0n) is 29.2. The van der Waals surface area contributed by atoms with Crippen LogP contribution in [0.2, 0.25) is 18.1 Å². The quantitative estimate of drug-likeness (QED) is 0.0861. The first-order valence-electron chi connectivity index (χ1n) is 16.6. The Labute approximate surface area is 299 Å². The predicted octanol–water partition coefficient (Wildman–Crippen LogP) is 8.51. The van der Waals surface area contributed by atoms with E-state index in [2.05, 4.69) is 33.9 Å². The van der Waals surface area contributed by atoms with Gasteiger partial charge in [0.1, 0.15) is 11.5 Å². The van der Waals surface area contributed by atoms with Crippen molar-refractivity contribution in [3.8, 4) is 0 Å². The molecule has 1 aliphatic heterocycles. The van der Waals surface area contributed by atoms with Crippen molar-refractivity contribution in [2.24, 2.45) is 0 Å². The third-order valence-electron chi connectivity index (χ3n) is 9.04. The Hall–Kier alpha value is -4.22. The molecular formula is C40H44O8SSi. The van der Waals surface area contributed by atoms with Crippen molar-refractivity contribution < 1.29 is 37.8 Å². The van der Waals surface area contributed by atoms with E-state index in [9.17, 15) is 14.4 Å². The van der Waals surface area contributed by atoms with Gasteiger partial charge in [-0.1, -0.05) is 105 Å². The first kappa shape index (κ1) is 37.0. The van der Waals surface area contributed by atoms with Gasteiger partial charge in [0.25, 0.3) is 0 Å². The van der Waals surface area contributed by atoms with Crippen molar-refractivity contribution >= 4 is 38.0 Å². The molecule has 0 saturated carbocycles. The Morgan fingerprint density at radius 1 is 0.640 bits per heavy atom. The molecule has 10 heteroatoms. The van der Waals surface area contributed by atoms with Gasteiger partial charge in [-0.3, -0.25) is 0 Å². The largest absolute Gasteiger partial charge is 0.452 e. The van der Waals surface area contributed by atoms with Crippen molar-refractivity contribution in [1.82, 2.24) is 0 Å². The molecule has 1 aliphatic rings. The van der Waals surface area contributed by atoms with Crippen LogP contribution in [-0.2, 0) is 23.4 Å². The highest BCUT2D eigenvalue weighted by atomic mass is 32.2. The summed E-state index contributed by atoms with van der Waals surface area (Å²) in [5.41, 5.74) is 1.10. The highest BCUT2D eigenvalue weighted by Gasteiger charge is 2.53. The molecular weight excluding hydrogens is 669 g/mol. The minimum Gasteiger partial charge on any atom is -0.452 e. The Balaban J connectivity index is 1.60. The van der Waals surface area contributed by atoms with Crippen LogP contribution in [0.4, 0.5) is 0 Å². The number of esters is 3. The molecule has 0 aliphatic carbocycles. The number of hydrogen-bond acceptors (Lipinski definition) is 9. The summed E-state index contributed by atoms with van der Waals surface area (Å²) in [4.78, 5) is 42.1. The lowest BCUT2D eigenvalue weighted by atomic mass is 9.98. The summed E-state index contributed by atoms with van der Waals surface area (Å²) in [5.74, 6) is -1.95. The molecule has 4 aromatic carbocycles. The highest BCUT2D eigenvalue weighted by molar-refractivity contribution is 7.99. The van der Waals surface area contributed by atoms with E-state index in [4.69, 9.17) is 23.4 Å². The minimum atomic E-state index is -2.34. The molecule has 4 aromatic rings. The van der Waals surface area contributed by atoms with Crippen LogP contribution in [0.25, 0.3) is 0 Å². The van der Waals surface area contributed by atoms with Crippen molar-refractivity contribution in [2.45, 2.75) is 80.6 Å². The van der Waals surface area contributed by atoms with Crippen LogP contribution in [0.1, 0.15) is 57.4 Å². The Kier molecular flexibility index (Phi) is 12.0. The molecule has 0 bridgehead atoms. The number of aryl methyl sites for hydroxylation is 1. The lowest BCUT2D eigenvalue weighted by Crippen LogP contribution is -2.62. The first-order valence-corrected chi connectivity index (χ1v) is 20.4. The summed E-state index contributed by atoms with van der Waals surface area (Å²) < 4.78 is 32.1. The number of thioether (sulfide) groups is 1. The van der Waals surface area contributed by atoms with E-state index in [1.54, 1.807) is 91.0 Å². The summed E-state index contributed by atoms with van der Waals surface area (Å²) in [5, 5.41) is -0.124. The molecule has 5 atom stereocenters. The monoisotopic (exact) mass is 712 g/mol. The van der Waals surface area contributed by atoms with E-state index in [1.807, 2.05) is 31.2 Å². The maximum absolute atomic E-state index is 13.8. The average molecular weight is 713 g/mol. The fourth-order valence-electron chi connectivity index (χ4n) is 5.06. The maximum Gasteiger partial charge on any atom is 0.338 e. The second-order valence-electron chi connectivity index (χ2n) is 13.8. The maximum atomic E-state index is 13.8. The molecule has 0 unspecified atom stereocenters. The fraction of sp³-hybridized carbons (Fsp3) is 0.325. The van der Waals surface area contributed by atoms with Gasteiger partial charge in [0.05, 0.1) is 23.3 Å². The Morgan fingerprint density at radius 2 is 1.06 bits per heavy atom. The molecule has 1 heterocycles. The van der Waals surface area contributed by atoms with Gasteiger partial charge in [-0.25, -0.2) is 14.4 Å². The summed E-state index contributed by atoms with van der Waals surface area (Å²) in [6, 6.07) is 33.5. The zero-order chi connectivity index (χ0) is 35.9. The molecule has 0 amide bonds. The van der Waals surface area contributed by atoms with E-state index >= 15 is 0 Å². The molecule has 5 rings (SSSR count). The molecule has 0 aromatic heterocycles. The number of benzene rings is 4. The van der Waals surface area contributed by atoms with Gasteiger partial charge in [0.2, 0.25) is 0 Å². The third-order valence-corrected chi connectivity index (χ3v) is 14.7. The average Bonchev–Trinajstić information content (AvgIpc) is 3.11. The van der Waals surface area contributed by atoms with Gasteiger partial charge in [0, 0.05) is 4.90 Å². The summed E-state index contributed by atoms with van der Waals surface area (Å²) in [6.45, 7) is 12.7. The normalized spacial score (nSPS) is 20.8. The summed E-state index contributed by atoms with van der Waals surface area (Å²) in [7, 11) is -2.34. The number of hydrogen-bond donors (Lipinski definition) is 0.